The van der Waals surface area contributed by atoms with Crippen LogP contribution in [-0.2, 0) is 0 Å². The third-order valence-electron chi connectivity index (χ3n) is 2.36. The summed E-state index contributed by atoms with van der Waals surface area (Å²) in [6.07, 6.45) is 6.73. The molecule has 0 unspecified atom stereocenters. The molecule has 0 aliphatic rings. The minimum atomic E-state index is 0.533. The summed E-state index contributed by atoms with van der Waals surface area (Å²) in [7, 11) is 0. The maximum Gasteiger partial charge on any atom is 0.222 e. The van der Waals surface area contributed by atoms with Crippen molar-refractivity contribution in [1.82, 2.24) is 15.0 Å². The fraction of sp³-hybridized carbons (Fsp3) is 0.250. The van der Waals surface area contributed by atoms with E-state index in [-0.39, 0.29) is 0 Å². The fourth-order valence-electron chi connectivity index (χ4n) is 1.45. The van der Waals surface area contributed by atoms with Gasteiger partial charge in [-0.05, 0) is 18.6 Å². The second-order valence-corrected chi connectivity index (χ2v) is 4.21. The molecule has 0 radical (unpaired) electrons. The average Bonchev–Trinajstić information content (AvgIpc) is 2.39. The Balaban J connectivity index is 1.76. The van der Waals surface area contributed by atoms with Crippen LogP contribution in [0.15, 0.2) is 30.9 Å². The third kappa shape index (κ3) is 3.56. The van der Waals surface area contributed by atoms with Gasteiger partial charge < -0.3 is 10.6 Å². The molecule has 0 fully saturated rings. The summed E-state index contributed by atoms with van der Waals surface area (Å²) in [6, 6.07) is 1.95. The van der Waals surface area contributed by atoms with Crippen LogP contribution in [0.2, 0.25) is 5.02 Å². The first-order chi connectivity index (χ1) is 8.75. The molecular weight excluding hydrogens is 250 g/mol. The number of halogens is 1. The summed E-state index contributed by atoms with van der Waals surface area (Å²) in [5.74, 6) is 0.577. The molecule has 0 saturated carbocycles. The van der Waals surface area contributed by atoms with Gasteiger partial charge in [0, 0.05) is 31.2 Å². The summed E-state index contributed by atoms with van der Waals surface area (Å²) >= 11 is 5.70. The molecule has 0 aromatic carbocycles. The molecule has 0 bridgehead atoms. The number of pyridine rings is 1. The normalized spacial score (nSPS) is 10.1. The minimum absolute atomic E-state index is 0.533. The van der Waals surface area contributed by atoms with Crippen molar-refractivity contribution in [3.05, 3.63) is 41.4 Å². The molecule has 0 spiro atoms. The van der Waals surface area contributed by atoms with Crippen molar-refractivity contribution in [2.75, 3.05) is 23.7 Å². The van der Waals surface area contributed by atoms with Gasteiger partial charge in [0.25, 0.3) is 0 Å². The number of hydrogen-bond acceptors (Lipinski definition) is 5. The molecule has 0 saturated heterocycles. The second-order valence-electron chi connectivity index (χ2n) is 3.77. The smallest absolute Gasteiger partial charge is 0.222 e. The van der Waals surface area contributed by atoms with Crippen molar-refractivity contribution in [2.24, 2.45) is 0 Å². The summed E-state index contributed by atoms with van der Waals surface area (Å²) in [5, 5.41) is 6.95. The zero-order valence-electron chi connectivity index (χ0n) is 10.0. The van der Waals surface area contributed by atoms with Gasteiger partial charge in [-0.2, -0.15) is 0 Å². The summed E-state index contributed by atoms with van der Waals surface area (Å²) in [6.45, 7) is 3.52. The van der Waals surface area contributed by atoms with Gasteiger partial charge in [-0.3, -0.25) is 4.98 Å². The number of rotatable bonds is 5. The van der Waals surface area contributed by atoms with Gasteiger partial charge >= 0.3 is 0 Å². The first kappa shape index (κ1) is 12.6. The molecule has 18 heavy (non-hydrogen) atoms. The van der Waals surface area contributed by atoms with E-state index in [4.69, 9.17) is 11.6 Å². The van der Waals surface area contributed by atoms with Crippen LogP contribution in [-0.4, -0.2) is 28.0 Å². The van der Waals surface area contributed by atoms with E-state index < -0.39 is 0 Å². The molecule has 2 heterocycles. The Morgan fingerprint density at radius 3 is 2.56 bits per heavy atom. The van der Waals surface area contributed by atoms with Gasteiger partial charge in [0.05, 0.1) is 17.4 Å². The van der Waals surface area contributed by atoms with Crippen molar-refractivity contribution < 1.29 is 0 Å². The van der Waals surface area contributed by atoms with Crippen molar-refractivity contribution in [3.8, 4) is 0 Å². The Morgan fingerprint density at radius 2 is 1.83 bits per heavy atom. The summed E-state index contributed by atoms with van der Waals surface area (Å²) in [5.41, 5.74) is 2.21. The molecule has 6 heteroatoms. The summed E-state index contributed by atoms with van der Waals surface area (Å²) in [4.78, 5) is 12.1. The van der Waals surface area contributed by atoms with Gasteiger partial charge in [-0.1, -0.05) is 11.6 Å². The van der Waals surface area contributed by atoms with E-state index in [0.717, 1.165) is 24.3 Å². The molecule has 94 valence electrons. The van der Waals surface area contributed by atoms with Crippen molar-refractivity contribution in [1.29, 1.82) is 0 Å². The van der Waals surface area contributed by atoms with E-state index in [9.17, 15) is 0 Å². The van der Waals surface area contributed by atoms with E-state index in [1.165, 1.54) is 0 Å². The Bertz CT molecular complexity index is 500. The number of hydrogen-bond donors (Lipinski definition) is 2. The van der Waals surface area contributed by atoms with Crippen LogP contribution in [0.4, 0.5) is 11.6 Å². The first-order valence-corrected chi connectivity index (χ1v) is 5.99. The first-order valence-electron chi connectivity index (χ1n) is 5.61. The maximum absolute atomic E-state index is 5.70. The lowest BCUT2D eigenvalue weighted by molar-refractivity contribution is 1.02. The van der Waals surface area contributed by atoms with Crippen molar-refractivity contribution in [2.45, 2.75) is 6.92 Å². The van der Waals surface area contributed by atoms with E-state index in [1.54, 1.807) is 18.6 Å². The Labute approximate surface area is 111 Å². The quantitative estimate of drug-likeness (QED) is 0.811. The van der Waals surface area contributed by atoms with Crippen molar-refractivity contribution in [3.63, 3.8) is 0 Å². The highest BCUT2D eigenvalue weighted by molar-refractivity contribution is 6.30. The van der Waals surface area contributed by atoms with Gasteiger partial charge in [0.2, 0.25) is 5.95 Å². The van der Waals surface area contributed by atoms with Gasteiger partial charge in [0.1, 0.15) is 0 Å². The lowest BCUT2D eigenvalue weighted by atomic mass is 10.2. The van der Waals surface area contributed by atoms with E-state index in [0.29, 0.717) is 11.0 Å². The Kier molecular flexibility index (Phi) is 4.30. The number of aryl methyl sites for hydroxylation is 1. The van der Waals surface area contributed by atoms with Gasteiger partial charge in [-0.15, -0.1) is 0 Å². The number of nitrogens with one attached hydrogen (secondary N) is 2. The summed E-state index contributed by atoms with van der Waals surface area (Å²) < 4.78 is 0. The molecule has 0 amide bonds. The fourth-order valence-corrected chi connectivity index (χ4v) is 1.54. The molecule has 0 aliphatic heterocycles. The minimum Gasteiger partial charge on any atom is -0.383 e. The lowest BCUT2D eigenvalue weighted by Gasteiger charge is -2.09. The zero-order chi connectivity index (χ0) is 12.8. The zero-order valence-corrected chi connectivity index (χ0v) is 10.8. The van der Waals surface area contributed by atoms with Crippen molar-refractivity contribution >= 4 is 23.2 Å². The van der Waals surface area contributed by atoms with E-state index in [1.807, 2.05) is 19.2 Å². The van der Waals surface area contributed by atoms with Crippen LogP contribution in [0.1, 0.15) is 5.56 Å². The standard InChI is InChI=1S/C12H14ClN5/c1-9-6-14-3-2-11(9)15-4-5-16-12-17-7-10(13)8-18-12/h2-3,6-8H,4-5H2,1H3,(H,14,15)(H,16,17,18). The third-order valence-corrected chi connectivity index (χ3v) is 2.56. The molecule has 5 nitrogen and oxygen atoms in total. The SMILES string of the molecule is Cc1cnccc1NCCNc1ncc(Cl)cn1. The molecule has 0 aliphatic carbocycles. The van der Waals surface area contributed by atoms with Gasteiger partial charge in [-0.25, -0.2) is 9.97 Å². The predicted molar refractivity (Wildman–Crippen MR) is 73.0 cm³/mol. The Hall–Kier alpha value is -1.88. The average molecular weight is 264 g/mol. The molecule has 2 rings (SSSR count). The highest BCUT2D eigenvalue weighted by Gasteiger charge is 1.97. The molecule has 2 aromatic rings. The lowest BCUT2D eigenvalue weighted by Crippen LogP contribution is -2.15. The number of aromatic nitrogens is 3. The van der Waals surface area contributed by atoms with Crippen LogP contribution in [0.25, 0.3) is 0 Å². The molecular formula is C12H14ClN5. The van der Waals surface area contributed by atoms with E-state index in [2.05, 4.69) is 25.6 Å². The topological polar surface area (TPSA) is 62.7 Å². The highest BCUT2D eigenvalue weighted by atomic mass is 35.5. The molecule has 2 N–H and O–H groups in total. The van der Waals surface area contributed by atoms with E-state index >= 15 is 0 Å². The van der Waals surface area contributed by atoms with Crippen LogP contribution < -0.4 is 10.6 Å². The largest absolute Gasteiger partial charge is 0.383 e. The van der Waals surface area contributed by atoms with Gasteiger partial charge in [0.15, 0.2) is 0 Å². The molecule has 0 atom stereocenters. The molecule has 2 aromatic heterocycles. The van der Waals surface area contributed by atoms with Crippen LogP contribution in [0.3, 0.4) is 0 Å². The monoisotopic (exact) mass is 263 g/mol. The maximum atomic E-state index is 5.70. The second kappa shape index (κ2) is 6.16. The Morgan fingerprint density at radius 1 is 1.11 bits per heavy atom. The highest BCUT2D eigenvalue weighted by Crippen LogP contribution is 2.10. The predicted octanol–water partition coefficient (Wildman–Crippen LogP) is 2.36. The van der Waals surface area contributed by atoms with Crippen LogP contribution >= 0.6 is 11.6 Å². The number of nitrogens with zero attached hydrogens (tertiary/aromatic N) is 3. The van der Waals surface area contributed by atoms with Crippen LogP contribution in [0.5, 0.6) is 0 Å². The number of anilines is 2. The van der Waals surface area contributed by atoms with Crippen LogP contribution in [0, 0.1) is 6.92 Å².